The van der Waals surface area contributed by atoms with Crippen molar-refractivity contribution in [3.63, 3.8) is 0 Å². The third-order valence-corrected chi connectivity index (χ3v) is 6.54. The second kappa shape index (κ2) is 9.27. The molecule has 0 bridgehead atoms. The van der Waals surface area contributed by atoms with Crippen LogP contribution in [0.25, 0.3) is 0 Å². The molecule has 33 heavy (non-hydrogen) atoms. The molecule has 3 rings (SSSR count). The maximum absolute atomic E-state index is 13.1. The SMILES string of the molecule is CCc1cccc(C)c1NS(=O)(=O)c1ccc(C)c(C(=O)Nc2cccc(C(F)(F)F)c2)c1. The summed E-state index contributed by atoms with van der Waals surface area (Å²) >= 11 is 0. The van der Waals surface area contributed by atoms with Gasteiger partial charge in [0.25, 0.3) is 15.9 Å². The van der Waals surface area contributed by atoms with Gasteiger partial charge in [-0.15, -0.1) is 0 Å². The standard InChI is InChI=1S/C24H23F3N2O3S/c1-4-17-8-5-7-16(3)22(17)29-33(31,32)20-12-11-15(2)21(14-20)23(30)28-19-10-6-9-18(13-19)24(25,26)27/h5-14,29H,4H2,1-3H3,(H,28,30). The summed E-state index contributed by atoms with van der Waals surface area (Å²) in [6.45, 7) is 5.32. The number of rotatable bonds is 6. The van der Waals surface area contributed by atoms with Crippen molar-refractivity contribution in [2.75, 3.05) is 10.0 Å². The highest BCUT2D eigenvalue weighted by Gasteiger charge is 2.30. The molecule has 0 saturated heterocycles. The van der Waals surface area contributed by atoms with E-state index in [9.17, 15) is 26.4 Å². The Balaban J connectivity index is 1.92. The van der Waals surface area contributed by atoms with E-state index in [2.05, 4.69) is 10.0 Å². The predicted octanol–water partition coefficient (Wildman–Crippen LogP) is 5.94. The number of aryl methyl sites for hydroxylation is 3. The largest absolute Gasteiger partial charge is 0.416 e. The highest BCUT2D eigenvalue weighted by Crippen LogP contribution is 2.31. The molecule has 0 radical (unpaired) electrons. The fourth-order valence-corrected chi connectivity index (χ4v) is 4.55. The van der Waals surface area contributed by atoms with Crippen LogP contribution in [-0.2, 0) is 22.6 Å². The lowest BCUT2D eigenvalue weighted by atomic mass is 10.1. The van der Waals surface area contributed by atoms with E-state index in [-0.39, 0.29) is 16.1 Å². The summed E-state index contributed by atoms with van der Waals surface area (Å²) < 4.78 is 67.6. The van der Waals surface area contributed by atoms with E-state index in [0.29, 0.717) is 17.7 Å². The van der Waals surface area contributed by atoms with Gasteiger partial charge >= 0.3 is 6.18 Å². The molecule has 1 amide bonds. The van der Waals surface area contributed by atoms with E-state index in [1.807, 2.05) is 19.1 Å². The Kier molecular flexibility index (Phi) is 6.83. The zero-order chi connectivity index (χ0) is 24.4. The van der Waals surface area contributed by atoms with E-state index in [4.69, 9.17) is 0 Å². The van der Waals surface area contributed by atoms with Crippen molar-refractivity contribution in [2.45, 2.75) is 38.3 Å². The van der Waals surface area contributed by atoms with Gasteiger partial charge in [-0.1, -0.05) is 37.3 Å². The van der Waals surface area contributed by atoms with Gasteiger partial charge in [-0.2, -0.15) is 13.2 Å². The van der Waals surface area contributed by atoms with Crippen LogP contribution in [0.2, 0.25) is 0 Å². The minimum atomic E-state index is -4.55. The summed E-state index contributed by atoms with van der Waals surface area (Å²) in [5.41, 5.74) is 1.63. The summed E-state index contributed by atoms with van der Waals surface area (Å²) in [6.07, 6.45) is -3.93. The Morgan fingerprint density at radius 3 is 2.30 bits per heavy atom. The van der Waals surface area contributed by atoms with Crippen LogP contribution >= 0.6 is 0 Å². The average Bonchev–Trinajstić information content (AvgIpc) is 2.74. The average molecular weight is 477 g/mol. The van der Waals surface area contributed by atoms with Crippen molar-refractivity contribution < 1.29 is 26.4 Å². The molecule has 3 aromatic rings. The minimum Gasteiger partial charge on any atom is -0.322 e. The minimum absolute atomic E-state index is 0.0378. The van der Waals surface area contributed by atoms with Crippen molar-refractivity contribution in [1.82, 2.24) is 0 Å². The van der Waals surface area contributed by atoms with E-state index in [1.165, 1.54) is 30.3 Å². The number of carbonyl (C=O) groups is 1. The first-order valence-corrected chi connectivity index (χ1v) is 11.6. The number of anilines is 2. The van der Waals surface area contributed by atoms with E-state index < -0.39 is 27.7 Å². The lowest BCUT2D eigenvalue weighted by Gasteiger charge is -2.16. The molecule has 0 spiro atoms. The van der Waals surface area contributed by atoms with Gasteiger partial charge in [-0.3, -0.25) is 9.52 Å². The number of amides is 1. The van der Waals surface area contributed by atoms with Crippen LogP contribution in [0.4, 0.5) is 24.5 Å². The van der Waals surface area contributed by atoms with E-state index >= 15 is 0 Å². The van der Waals surface area contributed by atoms with Gasteiger partial charge in [-0.25, -0.2) is 8.42 Å². The van der Waals surface area contributed by atoms with Gasteiger partial charge in [0.2, 0.25) is 0 Å². The molecular formula is C24H23F3N2O3S. The van der Waals surface area contributed by atoms with Crippen LogP contribution in [0.15, 0.2) is 65.6 Å². The first-order valence-electron chi connectivity index (χ1n) is 10.1. The van der Waals surface area contributed by atoms with Gasteiger partial charge in [0.05, 0.1) is 16.1 Å². The van der Waals surface area contributed by atoms with Crippen molar-refractivity contribution in [3.8, 4) is 0 Å². The molecule has 2 N–H and O–H groups in total. The van der Waals surface area contributed by atoms with Crippen molar-refractivity contribution in [2.24, 2.45) is 0 Å². The molecule has 0 unspecified atom stereocenters. The zero-order valence-electron chi connectivity index (χ0n) is 18.2. The third-order valence-electron chi connectivity index (χ3n) is 5.19. The Bertz CT molecular complexity index is 1300. The Labute approximate surface area is 190 Å². The number of hydrogen-bond acceptors (Lipinski definition) is 3. The molecule has 0 aliphatic heterocycles. The summed E-state index contributed by atoms with van der Waals surface area (Å²) in [5, 5.41) is 2.41. The number of halogens is 3. The molecule has 0 aliphatic rings. The summed E-state index contributed by atoms with van der Waals surface area (Å²) in [6, 6.07) is 13.8. The van der Waals surface area contributed by atoms with E-state index in [1.54, 1.807) is 19.9 Å². The van der Waals surface area contributed by atoms with Gasteiger partial charge in [0, 0.05) is 11.3 Å². The molecule has 0 aliphatic carbocycles. The Morgan fingerprint density at radius 2 is 1.64 bits per heavy atom. The first-order chi connectivity index (χ1) is 15.4. The second-order valence-electron chi connectivity index (χ2n) is 7.58. The Morgan fingerprint density at radius 1 is 0.939 bits per heavy atom. The summed E-state index contributed by atoms with van der Waals surface area (Å²) in [4.78, 5) is 12.6. The fourth-order valence-electron chi connectivity index (χ4n) is 3.35. The number of nitrogens with one attached hydrogen (secondary N) is 2. The molecule has 0 heterocycles. The quantitative estimate of drug-likeness (QED) is 0.463. The molecule has 0 saturated carbocycles. The fraction of sp³-hybridized carbons (Fsp3) is 0.208. The predicted molar refractivity (Wildman–Crippen MR) is 122 cm³/mol. The Hall–Kier alpha value is -3.33. The first kappa shape index (κ1) is 24.3. The third kappa shape index (κ3) is 5.54. The van der Waals surface area contributed by atoms with Gasteiger partial charge < -0.3 is 5.32 Å². The van der Waals surface area contributed by atoms with E-state index in [0.717, 1.165) is 23.3 Å². The highest BCUT2D eigenvalue weighted by molar-refractivity contribution is 7.92. The number of para-hydroxylation sites is 1. The molecule has 5 nitrogen and oxygen atoms in total. The highest BCUT2D eigenvalue weighted by atomic mass is 32.2. The number of sulfonamides is 1. The van der Waals surface area contributed by atoms with Crippen molar-refractivity contribution >= 4 is 27.3 Å². The van der Waals surface area contributed by atoms with Crippen LogP contribution in [0.5, 0.6) is 0 Å². The molecular weight excluding hydrogens is 453 g/mol. The number of benzene rings is 3. The smallest absolute Gasteiger partial charge is 0.322 e. The molecule has 9 heteroatoms. The monoisotopic (exact) mass is 476 g/mol. The molecule has 3 aromatic carbocycles. The molecule has 0 aromatic heterocycles. The maximum atomic E-state index is 13.1. The van der Waals surface area contributed by atoms with Crippen molar-refractivity contribution in [3.05, 3.63) is 88.5 Å². The van der Waals surface area contributed by atoms with Crippen LogP contribution in [0.1, 0.15) is 39.5 Å². The lowest BCUT2D eigenvalue weighted by molar-refractivity contribution is -0.137. The number of alkyl halides is 3. The number of hydrogen-bond donors (Lipinski definition) is 2. The maximum Gasteiger partial charge on any atom is 0.416 e. The van der Waals surface area contributed by atoms with Gasteiger partial charge in [-0.05, 0) is 67.3 Å². The van der Waals surface area contributed by atoms with Gasteiger partial charge in [0.1, 0.15) is 0 Å². The van der Waals surface area contributed by atoms with Crippen molar-refractivity contribution in [1.29, 1.82) is 0 Å². The molecule has 174 valence electrons. The van der Waals surface area contributed by atoms with Crippen LogP contribution in [-0.4, -0.2) is 14.3 Å². The topological polar surface area (TPSA) is 75.3 Å². The molecule has 0 fully saturated rings. The summed E-state index contributed by atoms with van der Waals surface area (Å²) in [5.74, 6) is -0.714. The zero-order valence-corrected chi connectivity index (χ0v) is 19.1. The van der Waals surface area contributed by atoms with Crippen LogP contribution in [0.3, 0.4) is 0 Å². The second-order valence-corrected chi connectivity index (χ2v) is 9.26. The van der Waals surface area contributed by atoms with Crippen LogP contribution < -0.4 is 10.0 Å². The normalized spacial score (nSPS) is 11.8. The van der Waals surface area contributed by atoms with Gasteiger partial charge in [0.15, 0.2) is 0 Å². The summed E-state index contributed by atoms with van der Waals surface area (Å²) in [7, 11) is -4.02. The number of carbonyl (C=O) groups excluding carboxylic acids is 1. The molecule has 0 atom stereocenters. The lowest BCUT2D eigenvalue weighted by Crippen LogP contribution is -2.18. The van der Waals surface area contributed by atoms with Crippen LogP contribution in [0, 0.1) is 13.8 Å².